The fourth-order valence-electron chi connectivity index (χ4n) is 6.15. The van der Waals surface area contributed by atoms with Crippen LogP contribution >= 0.6 is 0 Å². The molecule has 192 valence electrons. The molecule has 37 heavy (non-hydrogen) atoms. The first-order valence-corrected chi connectivity index (χ1v) is 13.2. The van der Waals surface area contributed by atoms with Crippen molar-refractivity contribution < 1.29 is 9.84 Å². The Bertz CT molecular complexity index is 1320. The Morgan fingerprint density at radius 3 is 2.84 bits per heavy atom. The maximum atomic E-state index is 10.3. The molecule has 2 aromatic carbocycles. The van der Waals surface area contributed by atoms with Gasteiger partial charge in [0.05, 0.1) is 35.9 Å². The van der Waals surface area contributed by atoms with Crippen LogP contribution in [-0.2, 0) is 17.8 Å². The van der Waals surface area contributed by atoms with Crippen molar-refractivity contribution in [1.82, 2.24) is 15.2 Å². The number of morpholine rings is 1. The number of aromatic nitrogens is 1. The summed E-state index contributed by atoms with van der Waals surface area (Å²) in [4.78, 5) is 11.7. The number of nitrogens with one attached hydrogen (secondary N) is 1. The molecule has 0 aliphatic carbocycles. The van der Waals surface area contributed by atoms with Crippen LogP contribution in [0.25, 0.3) is 10.9 Å². The van der Waals surface area contributed by atoms with Crippen LogP contribution in [0.3, 0.4) is 0 Å². The number of piperazine rings is 1. The lowest BCUT2D eigenvalue weighted by Crippen LogP contribution is -2.59. The molecule has 3 atom stereocenters. The van der Waals surface area contributed by atoms with Gasteiger partial charge in [0.15, 0.2) is 0 Å². The van der Waals surface area contributed by atoms with Crippen LogP contribution in [0.1, 0.15) is 23.6 Å². The summed E-state index contributed by atoms with van der Waals surface area (Å²) in [6, 6.07) is 17.0. The summed E-state index contributed by atoms with van der Waals surface area (Å²) < 4.78 is 6.40. The second kappa shape index (κ2) is 10.3. The van der Waals surface area contributed by atoms with Gasteiger partial charge in [0.2, 0.25) is 0 Å². The standard InChI is InChI=1S/C29H34N6O2/c1-20-15-35(28-7-5-21(12-30)29-27(28)3-2-8-32-29)18-26(37-20)17-34-10-9-33(16-25(34)19-36)24-6-4-22-13-31-14-23(22)11-24/h2-8,11,20,25-26,31,36H,9-10,13-19H2,1H3/t20-,25?,26+/m1/s1. The van der Waals surface area contributed by atoms with Crippen LogP contribution in [0.2, 0.25) is 0 Å². The minimum Gasteiger partial charge on any atom is -0.395 e. The molecular formula is C29H34N6O2. The quantitative estimate of drug-likeness (QED) is 0.555. The van der Waals surface area contributed by atoms with Crippen molar-refractivity contribution in [2.75, 3.05) is 55.7 Å². The summed E-state index contributed by atoms with van der Waals surface area (Å²) in [5, 5.41) is 24.2. The monoisotopic (exact) mass is 498 g/mol. The van der Waals surface area contributed by atoms with E-state index < -0.39 is 0 Å². The van der Waals surface area contributed by atoms with Crippen LogP contribution in [0.4, 0.5) is 11.4 Å². The van der Waals surface area contributed by atoms with Gasteiger partial charge in [-0.05, 0) is 54.4 Å². The fourth-order valence-corrected chi connectivity index (χ4v) is 6.15. The maximum Gasteiger partial charge on any atom is 0.101 e. The molecular weight excluding hydrogens is 464 g/mol. The first-order chi connectivity index (χ1) is 18.1. The number of rotatable bonds is 5. The minimum atomic E-state index is 0.0257. The molecule has 2 N–H and O–H groups in total. The highest BCUT2D eigenvalue weighted by atomic mass is 16.5. The van der Waals surface area contributed by atoms with Crippen molar-refractivity contribution in [3.8, 4) is 6.07 Å². The number of aliphatic hydroxyl groups is 1. The molecule has 4 heterocycles. The molecule has 0 radical (unpaired) electrons. The lowest BCUT2D eigenvalue weighted by atomic mass is 10.0. The van der Waals surface area contributed by atoms with Gasteiger partial charge >= 0.3 is 0 Å². The number of pyridine rings is 1. The number of nitriles is 1. The van der Waals surface area contributed by atoms with Gasteiger partial charge in [-0.25, -0.2) is 0 Å². The third-order valence-corrected chi connectivity index (χ3v) is 7.97. The molecule has 0 amide bonds. The molecule has 1 aromatic heterocycles. The highest BCUT2D eigenvalue weighted by Crippen LogP contribution is 2.31. The largest absolute Gasteiger partial charge is 0.395 e. The molecule has 2 fully saturated rings. The molecule has 0 bridgehead atoms. The number of benzene rings is 2. The summed E-state index contributed by atoms with van der Waals surface area (Å²) in [6.45, 7) is 9.08. The zero-order valence-electron chi connectivity index (χ0n) is 21.3. The lowest BCUT2D eigenvalue weighted by molar-refractivity contribution is -0.0429. The van der Waals surface area contributed by atoms with Gasteiger partial charge < -0.3 is 25.0 Å². The van der Waals surface area contributed by atoms with E-state index in [9.17, 15) is 10.4 Å². The van der Waals surface area contributed by atoms with Crippen LogP contribution < -0.4 is 15.1 Å². The number of aliphatic hydroxyl groups excluding tert-OH is 1. The van der Waals surface area contributed by atoms with Gasteiger partial charge in [-0.1, -0.05) is 6.07 Å². The normalized spacial score (nSPS) is 24.3. The molecule has 8 heteroatoms. The van der Waals surface area contributed by atoms with E-state index in [4.69, 9.17) is 4.74 Å². The molecule has 0 spiro atoms. The predicted octanol–water partition coefficient (Wildman–Crippen LogP) is 2.49. The summed E-state index contributed by atoms with van der Waals surface area (Å²) in [5.74, 6) is 0. The minimum absolute atomic E-state index is 0.0257. The predicted molar refractivity (Wildman–Crippen MR) is 145 cm³/mol. The Morgan fingerprint density at radius 1 is 1.08 bits per heavy atom. The number of ether oxygens (including phenoxy) is 1. The van der Waals surface area contributed by atoms with E-state index in [0.717, 1.165) is 68.9 Å². The van der Waals surface area contributed by atoms with Crippen molar-refractivity contribution in [3.05, 3.63) is 65.4 Å². The van der Waals surface area contributed by atoms with E-state index in [2.05, 4.69) is 56.2 Å². The number of hydrogen-bond acceptors (Lipinski definition) is 8. The highest BCUT2D eigenvalue weighted by Gasteiger charge is 2.33. The second-order valence-electron chi connectivity index (χ2n) is 10.5. The van der Waals surface area contributed by atoms with E-state index in [1.807, 2.05) is 24.3 Å². The van der Waals surface area contributed by atoms with Crippen molar-refractivity contribution in [2.24, 2.45) is 0 Å². The third kappa shape index (κ3) is 4.76. The second-order valence-corrected chi connectivity index (χ2v) is 10.5. The van der Waals surface area contributed by atoms with Gasteiger partial charge in [-0.2, -0.15) is 5.26 Å². The first-order valence-electron chi connectivity index (χ1n) is 13.2. The van der Waals surface area contributed by atoms with Gasteiger partial charge in [0, 0.05) is 75.3 Å². The maximum absolute atomic E-state index is 10.3. The van der Waals surface area contributed by atoms with Crippen LogP contribution in [-0.4, -0.2) is 79.1 Å². The van der Waals surface area contributed by atoms with Crippen molar-refractivity contribution in [2.45, 2.75) is 38.3 Å². The van der Waals surface area contributed by atoms with E-state index in [0.29, 0.717) is 5.56 Å². The van der Waals surface area contributed by atoms with Crippen molar-refractivity contribution >= 4 is 22.3 Å². The zero-order chi connectivity index (χ0) is 25.4. The SMILES string of the molecule is C[C@@H]1CN(c2ccc(C#N)c3ncccc23)C[C@H](CN2CCN(c3ccc4c(c3)CNC4)CC2CO)O1. The molecule has 3 aromatic rings. The van der Waals surface area contributed by atoms with Crippen molar-refractivity contribution in [3.63, 3.8) is 0 Å². The van der Waals surface area contributed by atoms with Gasteiger partial charge in [-0.3, -0.25) is 9.88 Å². The molecule has 1 unspecified atom stereocenters. The third-order valence-electron chi connectivity index (χ3n) is 7.97. The zero-order valence-corrected chi connectivity index (χ0v) is 21.3. The smallest absolute Gasteiger partial charge is 0.101 e. The van der Waals surface area contributed by atoms with Crippen LogP contribution in [0.15, 0.2) is 48.7 Å². The summed E-state index contributed by atoms with van der Waals surface area (Å²) in [7, 11) is 0. The van der Waals surface area contributed by atoms with Crippen LogP contribution in [0.5, 0.6) is 0 Å². The Hall–Kier alpha value is -3.22. The molecule has 3 aliphatic heterocycles. The molecule has 0 saturated carbocycles. The Balaban J connectivity index is 1.16. The average Bonchev–Trinajstić information content (AvgIpc) is 3.40. The summed E-state index contributed by atoms with van der Waals surface area (Å²) >= 11 is 0. The van der Waals surface area contributed by atoms with E-state index >= 15 is 0 Å². The summed E-state index contributed by atoms with van der Waals surface area (Å²) in [5.41, 5.74) is 6.46. The first kappa shape index (κ1) is 24.1. The topological polar surface area (TPSA) is 87.9 Å². The van der Waals surface area contributed by atoms with Gasteiger partial charge in [0.25, 0.3) is 0 Å². The highest BCUT2D eigenvalue weighted by molar-refractivity contribution is 5.95. The van der Waals surface area contributed by atoms with E-state index in [1.54, 1.807) is 6.20 Å². The Kier molecular flexibility index (Phi) is 6.70. The number of fused-ring (bicyclic) bond motifs is 2. The Morgan fingerprint density at radius 2 is 1.97 bits per heavy atom. The van der Waals surface area contributed by atoms with Gasteiger partial charge in [0.1, 0.15) is 6.07 Å². The molecule has 8 nitrogen and oxygen atoms in total. The molecule has 6 rings (SSSR count). The number of hydrogen-bond donors (Lipinski definition) is 2. The molecule has 3 aliphatic rings. The number of nitrogens with zero attached hydrogens (tertiary/aromatic N) is 5. The lowest BCUT2D eigenvalue weighted by Gasteiger charge is -2.45. The summed E-state index contributed by atoms with van der Waals surface area (Å²) in [6.07, 6.45) is 1.85. The van der Waals surface area contributed by atoms with Crippen LogP contribution in [0, 0.1) is 11.3 Å². The van der Waals surface area contributed by atoms with E-state index in [1.165, 1.54) is 16.8 Å². The fraction of sp³-hybridized carbons (Fsp3) is 0.448. The van der Waals surface area contributed by atoms with Gasteiger partial charge in [-0.15, -0.1) is 0 Å². The van der Waals surface area contributed by atoms with E-state index in [-0.39, 0.29) is 24.9 Å². The average molecular weight is 499 g/mol. The van der Waals surface area contributed by atoms with Crippen molar-refractivity contribution in [1.29, 1.82) is 5.26 Å². The molecule has 2 saturated heterocycles. The number of anilines is 2. The Labute approximate surface area is 218 Å².